The number of ether oxygens (including phenoxy) is 2. The smallest absolute Gasteiger partial charge is 0.407 e. The summed E-state index contributed by atoms with van der Waals surface area (Å²) in [5.74, 6) is -0.613. The van der Waals surface area contributed by atoms with Crippen LogP contribution < -0.4 is 5.32 Å². The van der Waals surface area contributed by atoms with E-state index in [1.807, 2.05) is 0 Å². The molecule has 1 aromatic heterocycles. The minimum absolute atomic E-state index is 0.00780. The Balaban J connectivity index is 2.17. The summed E-state index contributed by atoms with van der Waals surface area (Å²) in [4.78, 5) is 24.1. The van der Waals surface area contributed by atoms with Crippen molar-refractivity contribution in [2.24, 2.45) is 0 Å². The number of hydrogen-bond acceptors (Lipinski definition) is 7. The van der Waals surface area contributed by atoms with Crippen LogP contribution in [0, 0.1) is 0 Å². The van der Waals surface area contributed by atoms with Crippen LogP contribution in [0.1, 0.15) is 69.6 Å². The van der Waals surface area contributed by atoms with Crippen LogP contribution in [-0.4, -0.2) is 50.0 Å². The van der Waals surface area contributed by atoms with E-state index in [1.54, 1.807) is 27.7 Å². The van der Waals surface area contributed by atoms with Crippen molar-refractivity contribution in [1.82, 2.24) is 20.3 Å². The zero-order chi connectivity index (χ0) is 19.4. The minimum Gasteiger partial charge on any atom is -0.461 e. The van der Waals surface area contributed by atoms with Crippen LogP contribution in [0.25, 0.3) is 0 Å². The highest BCUT2D eigenvalue weighted by molar-refractivity contribution is 5.88. The highest BCUT2D eigenvalue weighted by Gasteiger charge is 2.34. The van der Waals surface area contributed by atoms with E-state index in [2.05, 4.69) is 15.6 Å². The molecule has 0 aliphatic heterocycles. The normalized spacial score (nSPS) is 16.3. The number of aromatic nitrogens is 3. The molecule has 0 spiro atoms. The van der Waals surface area contributed by atoms with Gasteiger partial charge in [0.25, 0.3) is 0 Å². The first kappa shape index (κ1) is 20.2. The molecule has 1 fully saturated rings. The molecule has 2 rings (SSSR count). The summed E-state index contributed by atoms with van der Waals surface area (Å²) in [6.45, 7) is 7.39. The lowest BCUT2D eigenvalue weighted by atomic mass is 10.0. The molecule has 2 N–H and O–H groups in total. The van der Waals surface area contributed by atoms with Crippen LogP contribution in [0.2, 0.25) is 0 Å². The highest BCUT2D eigenvalue weighted by Crippen LogP contribution is 2.31. The molecule has 0 bridgehead atoms. The SMILES string of the molecule is CCOC(=O)c1nnn(CC2(O)CCCC2)c1CNC(=O)OC(C)(C)C. The fourth-order valence-corrected chi connectivity index (χ4v) is 2.93. The maximum Gasteiger partial charge on any atom is 0.407 e. The average Bonchev–Trinajstić information content (AvgIpc) is 3.11. The van der Waals surface area contributed by atoms with Crippen molar-refractivity contribution < 1.29 is 24.2 Å². The van der Waals surface area contributed by atoms with Gasteiger partial charge in [-0.15, -0.1) is 5.10 Å². The van der Waals surface area contributed by atoms with Gasteiger partial charge in [0.2, 0.25) is 0 Å². The molecule has 1 aliphatic carbocycles. The van der Waals surface area contributed by atoms with E-state index in [0.29, 0.717) is 18.5 Å². The molecule has 1 amide bonds. The van der Waals surface area contributed by atoms with Crippen LogP contribution in [0.15, 0.2) is 0 Å². The van der Waals surface area contributed by atoms with E-state index in [1.165, 1.54) is 4.68 Å². The maximum atomic E-state index is 12.1. The van der Waals surface area contributed by atoms with Crippen molar-refractivity contribution in [3.8, 4) is 0 Å². The van der Waals surface area contributed by atoms with E-state index >= 15 is 0 Å². The second-order valence-corrected chi connectivity index (χ2v) is 7.55. The molecule has 9 nitrogen and oxygen atoms in total. The Morgan fingerprint density at radius 2 is 1.96 bits per heavy atom. The van der Waals surface area contributed by atoms with Gasteiger partial charge in [-0.25, -0.2) is 14.3 Å². The van der Waals surface area contributed by atoms with Gasteiger partial charge in [-0.05, 0) is 40.5 Å². The fourth-order valence-electron chi connectivity index (χ4n) is 2.93. The topological polar surface area (TPSA) is 116 Å². The monoisotopic (exact) mass is 368 g/mol. The lowest BCUT2D eigenvalue weighted by Gasteiger charge is -2.23. The Morgan fingerprint density at radius 1 is 1.31 bits per heavy atom. The molecular weight excluding hydrogens is 340 g/mol. The second kappa shape index (κ2) is 8.03. The van der Waals surface area contributed by atoms with Gasteiger partial charge >= 0.3 is 12.1 Å². The number of nitrogens with zero attached hydrogens (tertiary/aromatic N) is 3. The zero-order valence-corrected chi connectivity index (χ0v) is 15.9. The molecule has 1 aromatic rings. The third-order valence-electron chi connectivity index (χ3n) is 4.08. The van der Waals surface area contributed by atoms with Gasteiger partial charge in [0.1, 0.15) is 5.60 Å². The molecular formula is C17H28N4O5. The van der Waals surface area contributed by atoms with Gasteiger partial charge in [-0.2, -0.15) is 0 Å². The zero-order valence-electron chi connectivity index (χ0n) is 15.9. The van der Waals surface area contributed by atoms with Gasteiger partial charge in [0, 0.05) is 0 Å². The number of amides is 1. The van der Waals surface area contributed by atoms with E-state index in [0.717, 1.165) is 12.8 Å². The van der Waals surface area contributed by atoms with Gasteiger partial charge in [0.15, 0.2) is 5.69 Å². The van der Waals surface area contributed by atoms with Crippen LogP contribution >= 0.6 is 0 Å². The van der Waals surface area contributed by atoms with Crippen molar-refractivity contribution in [2.45, 2.75) is 77.7 Å². The standard InChI is InChI=1S/C17H28N4O5/c1-5-25-14(22)13-12(10-18-15(23)26-16(2,3)4)21(20-19-13)11-17(24)8-6-7-9-17/h24H,5-11H2,1-4H3,(H,18,23). The van der Waals surface area contributed by atoms with E-state index in [-0.39, 0.29) is 25.4 Å². The van der Waals surface area contributed by atoms with Crippen LogP contribution in [-0.2, 0) is 22.6 Å². The summed E-state index contributed by atoms with van der Waals surface area (Å²) in [6.07, 6.45) is 2.61. The number of esters is 1. The predicted octanol–water partition coefficient (Wildman–Crippen LogP) is 1.78. The van der Waals surface area contributed by atoms with Gasteiger partial charge in [0.05, 0.1) is 31.0 Å². The van der Waals surface area contributed by atoms with Crippen molar-refractivity contribution >= 4 is 12.1 Å². The molecule has 26 heavy (non-hydrogen) atoms. The molecule has 0 aromatic carbocycles. The molecule has 0 atom stereocenters. The Morgan fingerprint density at radius 3 is 2.54 bits per heavy atom. The second-order valence-electron chi connectivity index (χ2n) is 7.55. The molecule has 146 valence electrons. The van der Waals surface area contributed by atoms with Crippen LogP contribution in [0.5, 0.6) is 0 Å². The first-order valence-electron chi connectivity index (χ1n) is 8.92. The Hall–Kier alpha value is -2.16. The van der Waals surface area contributed by atoms with Gasteiger partial charge in [-0.1, -0.05) is 18.1 Å². The Bertz CT molecular complexity index is 644. The number of carbonyl (C=O) groups is 2. The summed E-state index contributed by atoms with van der Waals surface area (Å²) < 4.78 is 11.7. The van der Waals surface area contributed by atoms with Crippen molar-refractivity contribution in [3.05, 3.63) is 11.4 Å². The first-order valence-corrected chi connectivity index (χ1v) is 8.92. The van der Waals surface area contributed by atoms with Crippen molar-refractivity contribution in [3.63, 3.8) is 0 Å². The first-order chi connectivity index (χ1) is 12.1. The van der Waals surface area contributed by atoms with Crippen molar-refractivity contribution in [2.75, 3.05) is 6.61 Å². The fraction of sp³-hybridized carbons (Fsp3) is 0.765. The number of alkyl carbamates (subject to hydrolysis) is 1. The lowest BCUT2D eigenvalue weighted by molar-refractivity contribution is 0.0249. The molecule has 0 radical (unpaired) electrons. The van der Waals surface area contributed by atoms with E-state index < -0.39 is 23.3 Å². The summed E-state index contributed by atoms with van der Waals surface area (Å²) in [5.41, 5.74) is -1.09. The molecule has 1 saturated carbocycles. The molecule has 0 saturated heterocycles. The predicted molar refractivity (Wildman–Crippen MR) is 92.5 cm³/mol. The maximum absolute atomic E-state index is 12.1. The number of aliphatic hydroxyl groups is 1. The summed E-state index contributed by atoms with van der Waals surface area (Å²) in [6, 6.07) is 0. The summed E-state index contributed by atoms with van der Waals surface area (Å²) in [5, 5.41) is 21.1. The van der Waals surface area contributed by atoms with Gasteiger partial charge in [-0.3, -0.25) is 0 Å². The highest BCUT2D eigenvalue weighted by atomic mass is 16.6. The Kier molecular flexibility index (Phi) is 6.22. The quantitative estimate of drug-likeness (QED) is 0.735. The lowest BCUT2D eigenvalue weighted by Crippen LogP contribution is -2.35. The molecule has 1 heterocycles. The van der Waals surface area contributed by atoms with Crippen LogP contribution in [0.3, 0.4) is 0 Å². The van der Waals surface area contributed by atoms with Crippen LogP contribution in [0.4, 0.5) is 4.79 Å². The van der Waals surface area contributed by atoms with E-state index in [4.69, 9.17) is 9.47 Å². The average molecular weight is 368 g/mol. The largest absolute Gasteiger partial charge is 0.461 e. The third kappa shape index (κ3) is 5.42. The summed E-state index contributed by atoms with van der Waals surface area (Å²) >= 11 is 0. The molecule has 0 unspecified atom stereocenters. The number of nitrogens with one attached hydrogen (secondary N) is 1. The Labute approximate surface area is 153 Å². The molecule has 1 aliphatic rings. The molecule has 9 heteroatoms. The van der Waals surface area contributed by atoms with E-state index in [9.17, 15) is 14.7 Å². The number of hydrogen-bond donors (Lipinski definition) is 2. The summed E-state index contributed by atoms with van der Waals surface area (Å²) in [7, 11) is 0. The number of carbonyl (C=O) groups excluding carboxylic acids is 2. The minimum atomic E-state index is -0.875. The third-order valence-corrected chi connectivity index (χ3v) is 4.08. The van der Waals surface area contributed by atoms with Crippen molar-refractivity contribution in [1.29, 1.82) is 0 Å². The van der Waals surface area contributed by atoms with Gasteiger partial charge < -0.3 is 19.9 Å². The number of rotatable bonds is 6.